The van der Waals surface area contributed by atoms with Crippen LogP contribution in [-0.2, 0) is 25.1 Å². The molecule has 0 bridgehead atoms. The zero-order chi connectivity index (χ0) is 35.8. The number of aryl methyl sites for hydroxylation is 1. The van der Waals surface area contributed by atoms with Crippen LogP contribution in [0.25, 0.3) is 0 Å². The Morgan fingerprint density at radius 1 is 0.939 bits per heavy atom. The molecule has 1 aromatic heterocycles. The van der Waals surface area contributed by atoms with Gasteiger partial charge in [0, 0.05) is 17.7 Å². The van der Waals surface area contributed by atoms with E-state index >= 15 is 0 Å². The topological polar surface area (TPSA) is 148 Å². The highest BCUT2D eigenvalue weighted by Crippen LogP contribution is 2.37. The van der Waals surface area contributed by atoms with Crippen LogP contribution in [0.2, 0.25) is 18.1 Å². The first-order valence-corrected chi connectivity index (χ1v) is 19.3. The van der Waals surface area contributed by atoms with Crippen LogP contribution in [0.1, 0.15) is 49.9 Å². The fraction of sp³-hybridized carbons (Fsp3) is 0.444. The molecule has 1 aliphatic rings. The Balaban J connectivity index is 1.56. The number of pyridine rings is 1. The number of amides is 3. The van der Waals surface area contributed by atoms with Gasteiger partial charge in [-0.15, -0.1) is 0 Å². The lowest BCUT2D eigenvalue weighted by atomic mass is 9.84. The van der Waals surface area contributed by atoms with Gasteiger partial charge in [-0.2, -0.15) is 0 Å². The van der Waals surface area contributed by atoms with Crippen molar-refractivity contribution in [2.75, 3.05) is 32.2 Å². The lowest BCUT2D eigenvalue weighted by molar-refractivity contribution is -0.119. The third-order valence-electron chi connectivity index (χ3n) is 9.31. The lowest BCUT2D eigenvalue weighted by Gasteiger charge is -2.40. The molecule has 264 valence electrons. The highest BCUT2D eigenvalue weighted by atomic mass is 28.4. The number of ether oxygens (including phenoxy) is 2. The van der Waals surface area contributed by atoms with Crippen molar-refractivity contribution in [1.29, 1.82) is 0 Å². The molecule has 3 N–H and O–H groups in total. The molecule has 49 heavy (non-hydrogen) atoms. The summed E-state index contributed by atoms with van der Waals surface area (Å²) >= 11 is 0. The summed E-state index contributed by atoms with van der Waals surface area (Å²) in [7, 11) is -0.878. The van der Waals surface area contributed by atoms with Gasteiger partial charge in [0.1, 0.15) is 6.04 Å². The van der Waals surface area contributed by atoms with Gasteiger partial charge >= 0.3 is 12.2 Å². The lowest BCUT2D eigenvalue weighted by Crippen LogP contribution is -2.53. The number of hydrogen-bond acceptors (Lipinski definition) is 7. The quantitative estimate of drug-likeness (QED) is 0.220. The van der Waals surface area contributed by atoms with Gasteiger partial charge in [-0.05, 0) is 48.2 Å². The predicted octanol–water partition coefficient (Wildman–Crippen LogP) is 5.18. The number of benzene rings is 2. The molecule has 1 saturated heterocycles. The molecular formula is C36H48N4O8Si. The maximum atomic E-state index is 14.1. The van der Waals surface area contributed by atoms with E-state index in [1.54, 1.807) is 12.1 Å². The van der Waals surface area contributed by atoms with Gasteiger partial charge in [-0.25, -0.2) is 14.3 Å². The SMILES string of the molecule is COC(=O)N[C@H](C(=O)Nn1c(CC[C@@H]2CN(C(=O)O)C[C@@H](CO[Si](C)(C)C(C)(C)C)O2)cccc1=O)C(c1ccccc1)c1ccccc1. The minimum atomic E-state index is -2.09. The van der Waals surface area contributed by atoms with E-state index in [1.807, 2.05) is 60.7 Å². The van der Waals surface area contributed by atoms with E-state index in [1.165, 1.54) is 18.1 Å². The second-order valence-corrected chi connectivity index (χ2v) is 18.6. The summed E-state index contributed by atoms with van der Waals surface area (Å²) < 4.78 is 18.7. The highest BCUT2D eigenvalue weighted by Gasteiger charge is 2.39. The standard InChI is InChI=1S/C36H48N4O8Si/c1-36(2,3)49(5,6)47-24-29-23-39(35(44)45)22-28(48-29)21-20-27-18-13-19-30(41)40(27)38-33(42)32(37-34(43)46-4)31(25-14-9-7-10-15-25)26-16-11-8-12-17-26/h7-19,28-29,31-32H,20-24H2,1-6H3,(H,37,43)(H,38,42)(H,44,45)/t28-,29+,32+/m1/s1. The van der Waals surface area contributed by atoms with Crippen molar-refractivity contribution in [3.05, 3.63) is 106 Å². The Morgan fingerprint density at radius 3 is 2.08 bits per heavy atom. The largest absolute Gasteiger partial charge is 0.465 e. The summed E-state index contributed by atoms with van der Waals surface area (Å²) in [6, 6.07) is 22.1. The number of rotatable bonds is 12. The van der Waals surface area contributed by atoms with Gasteiger partial charge in [-0.3, -0.25) is 15.0 Å². The Hall–Kier alpha value is -4.46. The number of methoxy groups -OCH3 is 1. The van der Waals surface area contributed by atoms with Gasteiger partial charge in [-0.1, -0.05) is 87.5 Å². The zero-order valence-electron chi connectivity index (χ0n) is 29.0. The molecule has 0 unspecified atom stereocenters. The van der Waals surface area contributed by atoms with Gasteiger partial charge in [0.05, 0.1) is 39.0 Å². The van der Waals surface area contributed by atoms with Crippen molar-refractivity contribution < 1.29 is 33.4 Å². The molecule has 3 amide bonds. The molecule has 0 spiro atoms. The van der Waals surface area contributed by atoms with Crippen molar-refractivity contribution in [1.82, 2.24) is 14.9 Å². The van der Waals surface area contributed by atoms with Crippen molar-refractivity contribution in [3.63, 3.8) is 0 Å². The number of nitrogens with one attached hydrogen (secondary N) is 2. The van der Waals surface area contributed by atoms with Crippen LogP contribution in [0.15, 0.2) is 83.7 Å². The summed E-state index contributed by atoms with van der Waals surface area (Å²) in [5.41, 5.74) is 4.29. The van der Waals surface area contributed by atoms with Gasteiger partial charge in [0.25, 0.3) is 11.5 Å². The van der Waals surface area contributed by atoms with Crippen molar-refractivity contribution in [2.24, 2.45) is 0 Å². The van der Waals surface area contributed by atoms with E-state index in [2.05, 4.69) is 44.6 Å². The van der Waals surface area contributed by atoms with Crippen molar-refractivity contribution in [2.45, 2.75) is 75.9 Å². The van der Waals surface area contributed by atoms with Crippen LogP contribution >= 0.6 is 0 Å². The summed E-state index contributed by atoms with van der Waals surface area (Å²) in [4.78, 5) is 53.2. The van der Waals surface area contributed by atoms with Crippen LogP contribution in [0.4, 0.5) is 9.59 Å². The van der Waals surface area contributed by atoms with E-state index in [9.17, 15) is 24.3 Å². The monoisotopic (exact) mass is 692 g/mol. The first-order chi connectivity index (χ1) is 23.2. The number of nitrogens with zero attached hydrogens (tertiary/aromatic N) is 2. The van der Waals surface area contributed by atoms with Crippen LogP contribution < -0.4 is 16.3 Å². The van der Waals surface area contributed by atoms with Gasteiger partial charge in [0.15, 0.2) is 8.32 Å². The maximum absolute atomic E-state index is 14.1. The van der Waals surface area contributed by atoms with Crippen LogP contribution in [-0.4, -0.2) is 86.1 Å². The molecule has 13 heteroatoms. The average Bonchev–Trinajstić information content (AvgIpc) is 3.07. The molecule has 3 atom stereocenters. The molecule has 2 heterocycles. The van der Waals surface area contributed by atoms with Crippen LogP contribution in [0, 0.1) is 0 Å². The molecule has 3 aromatic rings. The van der Waals surface area contributed by atoms with Gasteiger partial charge < -0.3 is 29.2 Å². The summed E-state index contributed by atoms with van der Waals surface area (Å²) in [6.45, 7) is 11.3. The number of morpholine rings is 1. The summed E-state index contributed by atoms with van der Waals surface area (Å²) in [5, 5.41) is 12.5. The number of hydrogen-bond donors (Lipinski definition) is 3. The Bertz CT molecular complexity index is 1590. The Morgan fingerprint density at radius 2 is 1.53 bits per heavy atom. The average molecular weight is 693 g/mol. The van der Waals surface area contributed by atoms with Crippen molar-refractivity contribution in [3.8, 4) is 0 Å². The molecule has 1 aliphatic heterocycles. The first kappa shape index (κ1) is 37.4. The highest BCUT2D eigenvalue weighted by molar-refractivity contribution is 6.74. The summed E-state index contributed by atoms with van der Waals surface area (Å²) in [5.74, 6) is -1.25. The number of carbonyl (C=O) groups is 3. The molecule has 0 aliphatic carbocycles. The van der Waals surface area contributed by atoms with Crippen LogP contribution in [0.3, 0.4) is 0 Å². The Labute approximate surface area is 288 Å². The van der Waals surface area contributed by atoms with E-state index in [-0.39, 0.29) is 24.7 Å². The first-order valence-electron chi connectivity index (χ1n) is 16.4. The molecule has 0 saturated carbocycles. The normalized spacial score (nSPS) is 17.3. The maximum Gasteiger partial charge on any atom is 0.407 e. The number of carbonyl (C=O) groups excluding carboxylic acids is 2. The summed E-state index contributed by atoms with van der Waals surface area (Å²) in [6.07, 6.45) is -2.08. The van der Waals surface area contributed by atoms with Gasteiger partial charge in [0.2, 0.25) is 0 Å². The predicted molar refractivity (Wildman–Crippen MR) is 189 cm³/mol. The third kappa shape index (κ3) is 9.80. The minimum Gasteiger partial charge on any atom is -0.465 e. The smallest absolute Gasteiger partial charge is 0.407 e. The molecule has 12 nitrogen and oxygen atoms in total. The Kier molecular flexibility index (Phi) is 12.4. The number of alkyl carbamates (subject to hydrolysis) is 1. The molecule has 1 fully saturated rings. The second kappa shape index (κ2) is 16.3. The van der Waals surface area contributed by atoms with Crippen molar-refractivity contribution >= 4 is 26.4 Å². The fourth-order valence-electron chi connectivity index (χ4n) is 5.58. The molecular weight excluding hydrogens is 645 g/mol. The van der Waals surface area contributed by atoms with E-state index < -0.39 is 56.1 Å². The molecule has 2 aromatic carbocycles. The zero-order valence-corrected chi connectivity index (χ0v) is 30.0. The number of aromatic nitrogens is 1. The fourth-order valence-corrected chi connectivity index (χ4v) is 6.61. The van der Waals surface area contributed by atoms with E-state index in [4.69, 9.17) is 13.9 Å². The van der Waals surface area contributed by atoms with Crippen LogP contribution in [0.5, 0.6) is 0 Å². The second-order valence-electron chi connectivity index (χ2n) is 13.8. The van der Waals surface area contributed by atoms with E-state index in [0.29, 0.717) is 18.5 Å². The molecule has 0 radical (unpaired) electrons. The minimum absolute atomic E-state index is 0.0114. The van der Waals surface area contributed by atoms with E-state index in [0.717, 1.165) is 15.8 Å². The molecule has 4 rings (SSSR count). The number of carboxylic acid groups (broad SMARTS) is 1. The third-order valence-corrected chi connectivity index (χ3v) is 13.8.